The second kappa shape index (κ2) is 7.08. The molecule has 0 aliphatic carbocycles. The molecule has 0 aliphatic rings. The summed E-state index contributed by atoms with van der Waals surface area (Å²) < 4.78 is 14.4. The van der Waals surface area contributed by atoms with Crippen molar-refractivity contribution < 1.29 is 23.8 Å². The summed E-state index contributed by atoms with van der Waals surface area (Å²) in [7, 11) is 1.56. The van der Waals surface area contributed by atoms with Crippen molar-refractivity contribution in [2.45, 2.75) is 0 Å². The minimum Gasteiger partial charge on any atom is -0.497 e. The summed E-state index contributed by atoms with van der Waals surface area (Å²) in [5.74, 6) is 0.821. The Bertz CT molecular complexity index is 671. The second-order valence-corrected chi connectivity index (χ2v) is 4.22. The third kappa shape index (κ3) is 3.73. The van der Waals surface area contributed by atoms with Crippen LogP contribution in [0.3, 0.4) is 0 Å². The highest BCUT2D eigenvalue weighted by Gasteiger charge is 2.10. The molecular weight excluding hydrogens is 284 g/mol. The molecule has 2 aromatic carbocycles. The van der Waals surface area contributed by atoms with Gasteiger partial charge in [0.05, 0.1) is 13.4 Å². The highest BCUT2D eigenvalue weighted by Crippen LogP contribution is 2.18. The molecule has 0 aromatic heterocycles. The van der Waals surface area contributed by atoms with Gasteiger partial charge in [-0.1, -0.05) is 6.58 Å². The summed E-state index contributed by atoms with van der Waals surface area (Å²) in [6.07, 6.45) is 0.0911. The molecule has 0 unspecified atom stereocenters. The monoisotopic (exact) mass is 298 g/mol. The lowest BCUT2D eigenvalue weighted by molar-refractivity contribution is 0.103. The normalized spacial score (nSPS) is 9.68. The van der Waals surface area contributed by atoms with Crippen molar-refractivity contribution in [1.82, 2.24) is 0 Å². The number of hydrogen-bond acceptors (Lipinski definition) is 5. The van der Waals surface area contributed by atoms with Crippen LogP contribution >= 0.6 is 0 Å². The van der Waals surface area contributed by atoms with Crippen molar-refractivity contribution in [3.8, 4) is 11.5 Å². The van der Waals surface area contributed by atoms with Crippen molar-refractivity contribution in [2.24, 2.45) is 0 Å². The van der Waals surface area contributed by atoms with Crippen molar-refractivity contribution in [3.05, 3.63) is 72.5 Å². The molecular formula is C17H14O5. The van der Waals surface area contributed by atoms with Gasteiger partial charge in [-0.25, -0.2) is 4.79 Å². The fourth-order valence-electron chi connectivity index (χ4n) is 1.77. The van der Waals surface area contributed by atoms with E-state index in [4.69, 9.17) is 9.47 Å². The molecule has 0 atom stereocenters. The van der Waals surface area contributed by atoms with Crippen LogP contribution < -0.4 is 9.47 Å². The summed E-state index contributed by atoms with van der Waals surface area (Å²) in [4.78, 5) is 23.4. The molecule has 5 nitrogen and oxygen atoms in total. The Morgan fingerprint density at radius 2 is 1.41 bits per heavy atom. The van der Waals surface area contributed by atoms with Crippen molar-refractivity contribution in [1.29, 1.82) is 0 Å². The highest BCUT2D eigenvalue weighted by atomic mass is 16.7. The molecule has 22 heavy (non-hydrogen) atoms. The van der Waals surface area contributed by atoms with E-state index in [0.717, 1.165) is 6.26 Å². The first kappa shape index (κ1) is 15.3. The fourth-order valence-corrected chi connectivity index (χ4v) is 1.77. The number of rotatable bonds is 5. The summed E-state index contributed by atoms with van der Waals surface area (Å²) in [6.45, 7) is 3.25. The maximum atomic E-state index is 12.3. The van der Waals surface area contributed by atoms with E-state index >= 15 is 0 Å². The Kier molecular flexibility index (Phi) is 4.93. The Labute approximate surface area is 127 Å². The number of methoxy groups -OCH3 is 1. The summed E-state index contributed by atoms with van der Waals surface area (Å²) in [5, 5.41) is 0. The van der Waals surface area contributed by atoms with Crippen LogP contribution in [0.4, 0.5) is 4.79 Å². The highest BCUT2D eigenvalue weighted by molar-refractivity contribution is 6.09. The third-order valence-electron chi connectivity index (χ3n) is 2.85. The molecule has 0 saturated heterocycles. The van der Waals surface area contributed by atoms with Crippen molar-refractivity contribution >= 4 is 11.9 Å². The smallest absolute Gasteiger partial charge is 0.497 e. The quantitative estimate of drug-likeness (QED) is 0.365. The Hall–Kier alpha value is -3.08. The first-order valence-corrected chi connectivity index (χ1v) is 6.42. The number of benzene rings is 2. The van der Waals surface area contributed by atoms with Gasteiger partial charge >= 0.3 is 6.16 Å². The van der Waals surface area contributed by atoms with Gasteiger partial charge in [0.1, 0.15) is 11.5 Å². The first-order chi connectivity index (χ1) is 10.6. The standard InChI is InChI=1S/C17H14O5/c1-3-21-17(19)22-15-10-6-13(7-11-15)16(18)12-4-8-14(20-2)9-5-12/h3-11H,1H2,2H3. The van der Waals surface area contributed by atoms with E-state index < -0.39 is 6.16 Å². The zero-order chi connectivity index (χ0) is 15.9. The molecule has 0 radical (unpaired) electrons. The minimum atomic E-state index is -0.885. The van der Waals surface area contributed by atoms with Crippen molar-refractivity contribution in [3.63, 3.8) is 0 Å². The molecule has 0 bridgehead atoms. The van der Waals surface area contributed by atoms with E-state index in [0.29, 0.717) is 16.9 Å². The molecule has 0 aliphatic heterocycles. The number of hydrogen-bond donors (Lipinski definition) is 0. The maximum Gasteiger partial charge on any atom is 0.518 e. The van der Waals surface area contributed by atoms with Gasteiger partial charge in [-0.2, -0.15) is 0 Å². The lowest BCUT2D eigenvalue weighted by Gasteiger charge is -2.05. The van der Waals surface area contributed by atoms with E-state index in [9.17, 15) is 9.59 Å². The van der Waals surface area contributed by atoms with Gasteiger partial charge in [-0.3, -0.25) is 4.79 Å². The maximum absolute atomic E-state index is 12.3. The van der Waals surface area contributed by atoms with Crippen LogP contribution in [0.2, 0.25) is 0 Å². The minimum absolute atomic E-state index is 0.136. The fraction of sp³-hybridized carbons (Fsp3) is 0.0588. The van der Waals surface area contributed by atoms with Crippen LogP contribution in [0.25, 0.3) is 0 Å². The average molecular weight is 298 g/mol. The molecule has 112 valence electrons. The second-order valence-electron chi connectivity index (χ2n) is 4.22. The van der Waals surface area contributed by atoms with E-state index in [2.05, 4.69) is 11.3 Å². The van der Waals surface area contributed by atoms with Gasteiger partial charge in [0.2, 0.25) is 0 Å². The molecule has 0 fully saturated rings. The molecule has 0 spiro atoms. The summed E-state index contributed by atoms with van der Waals surface area (Å²) in [5.41, 5.74) is 1.02. The van der Waals surface area contributed by atoms with Crippen LogP contribution in [0, 0.1) is 0 Å². The van der Waals surface area contributed by atoms with Crippen LogP contribution in [-0.4, -0.2) is 19.0 Å². The Balaban J connectivity index is 2.10. The van der Waals surface area contributed by atoms with Gasteiger partial charge in [0, 0.05) is 11.1 Å². The summed E-state index contributed by atoms with van der Waals surface area (Å²) in [6, 6.07) is 13.0. The van der Waals surface area contributed by atoms with Gasteiger partial charge in [0.15, 0.2) is 5.78 Å². The van der Waals surface area contributed by atoms with Crippen LogP contribution in [0.15, 0.2) is 61.4 Å². The van der Waals surface area contributed by atoms with Gasteiger partial charge in [-0.05, 0) is 48.5 Å². The van der Waals surface area contributed by atoms with Gasteiger partial charge in [-0.15, -0.1) is 0 Å². The molecule has 0 heterocycles. The molecule has 0 amide bonds. The lowest BCUT2D eigenvalue weighted by Crippen LogP contribution is -2.07. The number of ketones is 1. The molecule has 0 saturated carbocycles. The molecule has 5 heteroatoms. The topological polar surface area (TPSA) is 61.8 Å². The molecule has 2 rings (SSSR count). The zero-order valence-corrected chi connectivity index (χ0v) is 11.9. The number of carbonyl (C=O) groups is 2. The van der Waals surface area contributed by atoms with Gasteiger partial charge < -0.3 is 14.2 Å². The zero-order valence-electron chi connectivity index (χ0n) is 11.9. The Morgan fingerprint density at radius 1 is 0.909 bits per heavy atom. The SMILES string of the molecule is C=COC(=O)Oc1ccc(C(=O)c2ccc(OC)cc2)cc1. The van der Waals surface area contributed by atoms with E-state index in [-0.39, 0.29) is 11.5 Å². The van der Waals surface area contributed by atoms with Crippen LogP contribution in [-0.2, 0) is 4.74 Å². The number of carbonyl (C=O) groups excluding carboxylic acids is 2. The van der Waals surface area contributed by atoms with E-state index in [1.54, 1.807) is 43.5 Å². The van der Waals surface area contributed by atoms with E-state index in [1.165, 1.54) is 12.1 Å². The molecule has 2 aromatic rings. The summed E-state index contributed by atoms with van der Waals surface area (Å²) >= 11 is 0. The third-order valence-corrected chi connectivity index (χ3v) is 2.85. The van der Waals surface area contributed by atoms with Crippen LogP contribution in [0.5, 0.6) is 11.5 Å². The van der Waals surface area contributed by atoms with Gasteiger partial charge in [0.25, 0.3) is 0 Å². The first-order valence-electron chi connectivity index (χ1n) is 6.42. The Morgan fingerprint density at radius 3 is 1.86 bits per heavy atom. The predicted octanol–water partition coefficient (Wildman–Crippen LogP) is 3.59. The lowest BCUT2D eigenvalue weighted by atomic mass is 10.0. The van der Waals surface area contributed by atoms with E-state index in [1.807, 2.05) is 0 Å². The van der Waals surface area contributed by atoms with Crippen LogP contribution in [0.1, 0.15) is 15.9 Å². The predicted molar refractivity (Wildman–Crippen MR) is 80.2 cm³/mol. The average Bonchev–Trinajstić information content (AvgIpc) is 2.55. The largest absolute Gasteiger partial charge is 0.518 e. The van der Waals surface area contributed by atoms with Crippen molar-refractivity contribution in [2.75, 3.05) is 7.11 Å². The molecule has 0 N–H and O–H groups in total. The number of ether oxygens (including phenoxy) is 3.